The van der Waals surface area contributed by atoms with E-state index < -0.39 is 0 Å². The zero-order valence-electron chi connectivity index (χ0n) is 10.9. The Bertz CT molecular complexity index is 96.2. The number of rotatable bonds is 9. The van der Waals surface area contributed by atoms with Crippen LogP contribution in [0.5, 0.6) is 0 Å². The topological polar surface area (TPSA) is 3.24 Å². The number of hydrogen-bond acceptors (Lipinski definition) is 1. The summed E-state index contributed by atoms with van der Waals surface area (Å²) in [7, 11) is 1.25. The van der Waals surface area contributed by atoms with Crippen LogP contribution in [-0.4, -0.2) is 24.5 Å². The monoisotopic (exact) mass is 401 g/mol. The van der Waals surface area contributed by atoms with E-state index in [1.54, 1.807) is 0 Å². The average molecular weight is 404 g/mol. The fraction of sp³-hybridized carbons (Fsp3) is 1.00. The molecule has 0 radical (unpaired) electrons. The first-order chi connectivity index (χ1) is 7.76. The van der Waals surface area contributed by atoms with Gasteiger partial charge in [0.25, 0.3) is 0 Å². The summed E-state index contributed by atoms with van der Waals surface area (Å²) in [5.41, 5.74) is 0. The molecule has 0 amide bonds. The van der Waals surface area contributed by atoms with Crippen molar-refractivity contribution in [1.82, 2.24) is 4.90 Å². The van der Waals surface area contributed by atoms with Gasteiger partial charge in [0.1, 0.15) is 0 Å². The number of halogens is 2. The predicted octanol–water partition coefficient (Wildman–Crippen LogP) is 5.38. The molecule has 0 aromatic rings. The molecule has 16 heavy (non-hydrogen) atoms. The molecule has 0 rings (SSSR count). The van der Waals surface area contributed by atoms with Crippen LogP contribution in [0, 0.1) is 0 Å². The van der Waals surface area contributed by atoms with E-state index >= 15 is 0 Å². The van der Waals surface area contributed by atoms with E-state index in [0.29, 0.717) is 0 Å². The molecule has 0 heterocycles. The molecule has 0 aromatic heterocycles. The van der Waals surface area contributed by atoms with Crippen LogP contribution in [0.1, 0.15) is 59.3 Å². The molecule has 0 aliphatic carbocycles. The number of nitrogens with zero attached hydrogens (tertiary/aromatic N) is 1. The van der Waals surface area contributed by atoms with Crippen molar-refractivity contribution in [2.75, 3.05) is 19.6 Å². The second kappa shape index (κ2) is 18.8. The molecule has 0 N–H and O–H groups in total. The third kappa shape index (κ3) is 17.8. The first-order valence-corrected chi connectivity index (χ1v) is 11.2. The molecule has 0 saturated heterocycles. The summed E-state index contributed by atoms with van der Waals surface area (Å²) in [5.74, 6) is 0. The molecule has 0 fully saturated rings. The summed E-state index contributed by atoms with van der Waals surface area (Å²) in [6, 6.07) is 0. The van der Waals surface area contributed by atoms with Gasteiger partial charge < -0.3 is 4.90 Å². The molecule has 104 valence electrons. The van der Waals surface area contributed by atoms with Crippen LogP contribution in [0.15, 0.2) is 0 Å². The average Bonchev–Trinajstić information content (AvgIpc) is 2.29. The van der Waals surface area contributed by atoms with Gasteiger partial charge in [0.15, 0.2) is 0 Å². The second-order valence-corrected chi connectivity index (χ2v) is 8.93. The van der Waals surface area contributed by atoms with Crippen LogP contribution in [0.3, 0.4) is 0 Å². The van der Waals surface area contributed by atoms with Gasteiger partial charge in [0.05, 0.1) is 0 Å². The van der Waals surface area contributed by atoms with Crippen molar-refractivity contribution >= 4 is 28.5 Å². The van der Waals surface area contributed by atoms with Gasteiger partial charge in [-0.1, -0.05) is 40.0 Å². The zero-order valence-corrected chi connectivity index (χ0v) is 15.0. The third-order valence-corrected chi connectivity index (χ3v) is 2.48. The predicted molar refractivity (Wildman–Crippen MR) is 79.0 cm³/mol. The van der Waals surface area contributed by atoms with Crippen LogP contribution < -0.4 is 0 Å². The van der Waals surface area contributed by atoms with Crippen LogP contribution in [0.4, 0.5) is 0 Å². The van der Waals surface area contributed by atoms with Crippen molar-refractivity contribution in [2.45, 2.75) is 59.3 Å². The minimum absolute atomic E-state index is 1.25. The van der Waals surface area contributed by atoms with E-state index in [1.165, 1.54) is 69.1 Å². The number of unbranched alkanes of at least 4 members (excludes halogenated alkanes) is 3. The molecule has 0 aliphatic rings. The summed E-state index contributed by atoms with van der Waals surface area (Å²) in [6.07, 6.45) is 8.09. The third-order valence-electron chi connectivity index (χ3n) is 2.48. The van der Waals surface area contributed by atoms with Crippen LogP contribution >= 0.6 is 28.5 Å². The Morgan fingerprint density at radius 2 is 1.00 bits per heavy atom. The molecule has 0 aliphatic heterocycles. The fourth-order valence-electron chi connectivity index (χ4n) is 1.48. The van der Waals surface area contributed by atoms with Gasteiger partial charge >= 0.3 is 39.3 Å². The van der Waals surface area contributed by atoms with Crippen molar-refractivity contribution in [3.63, 3.8) is 0 Å². The summed E-state index contributed by atoms with van der Waals surface area (Å²) < 4.78 is 0. The van der Waals surface area contributed by atoms with E-state index in [4.69, 9.17) is 0 Å². The van der Waals surface area contributed by atoms with E-state index in [1.807, 2.05) is 0 Å². The first-order valence-electron chi connectivity index (χ1n) is 6.31. The summed E-state index contributed by atoms with van der Waals surface area (Å²) in [4.78, 5) is 2.64. The Morgan fingerprint density at radius 3 is 1.19 bits per heavy atom. The Balaban J connectivity index is 0. The Labute approximate surface area is 122 Å². The Hall–Kier alpha value is 1.41. The molecule has 4 heteroatoms. The van der Waals surface area contributed by atoms with Gasteiger partial charge in [0.2, 0.25) is 0 Å². The zero-order chi connectivity index (χ0) is 12.6. The normalized spacial score (nSPS) is 10.4. The van der Waals surface area contributed by atoms with Crippen molar-refractivity contribution < 1.29 is 10.9 Å². The van der Waals surface area contributed by atoms with E-state index in [2.05, 4.69) is 54.1 Å². The van der Waals surface area contributed by atoms with Crippen LogP contribution in [0.2, 0.25) is 0 Å². The van der Waals surface area contributed by atoms with Crippen LogP contribution in [-0.2, 0) is 10.9 Å². The molecular formula is C12H27Br2NNi. The molecular weight excluding hydrogens is 377 g/mol. The summed E-state index contributed by atoms with van der Waals surface area (Å²) >= 11 is 6.00. The standard InChI is InChI=1S/C12H27N.2BrH.Ni/c1-4-7-10-13(11-8-5-2)12-9-6-3;;;/h4-12H2,1-3H3;2*1H;/q;;;+2/p-2. The van der Waals surface area contributed by atoms with Crippen LogP contribution in [0.25, 0.3) is 0 Å². The second-order valence-electron chi connectivity index (χ2n) is 3.95. The fourth-order valence-corrected chi connectivity index (χ4v) is 1.48. The molecule has 0 saturated carbocycles. The summed E-state index contributed by atoms with van der Waals surface area (Å²) in [5, 5.41) is 0. The molecule has 0 aromatic carbocycles. The Morgan fingerprint density at radius 1 is 0.750 bits per heavy atom. The summed E-state index contributed by atoms with van der Waals surface area (Å²) in [6.45, 7) is 10.8. The Kier molecular flexibility index (Phi) is 23.2. The molecule has 0 bridgehead atoms. The maximum atomic E-state index is 3.00. The van der Waals surface area contributed by atoms with Gasteiger partial charge in [-0.25, -0.2) is 0 Å². The van der Waals surface area contributed by atoms with Crippen molar-refractivity contribution in [1.29, 1.82) is 0 Å². The van der Waals surface area contributed by atoms with Gasteiger partial charge in [-0.15, -0.1) is 0 Å². The SMILES string of the molecule is CCCCN(CCCC)CCCC.[Br][Ni][Br]. The van der Waals surface area contributed by atoms with E-state index in [9.17, 15) is 0 Å². The number of hydrogen-bond donors (Lipinski definition) is 0. The van der Waals surface area contributed by atoms with Gasteiger partial charge in [-0.3, -0.25) is 0 Å². The minimum atomic E-state index is 1.25. The van der Waals surface area contributed by atoms with Crippen molar-refractivity contribution in [3.05, 3.63) is 0 Å². The van der Waals surface area contributed by atoms with Crippen molar-refractivity contribution in [2.24, 2.45) is 0 Å². The van der Waals surface area contributed by atoms with E-state index in [0.717, 1.165) is 0 Å². The van der Waals surface area contributed by atoms with E-state index in [-0.39, 0.29) is 0 Å². The van der Waals surface area contributed by atoms with Gasteiger partial charge in [-0.05, 0) is 38.9 Å². The quantitative estimate of drug-likeness (QED) is 0.467. The van der Waals surface area contributed by atoms with Gasteiger partial charge in [0, 0.05) is 0 Å². The van der Waals surface area contributed by atoms with Gasteiger partial charge in [-0.2, -0.15) is 0 Å². The molecule has 1 nitrogen and oxygen atoms in total. The molecule has 0 atom stereocenters. The molecule has 0 spiro atoms. The van der Waals surface area contributed by atoms with Crippen molar-refractivity contribution in [3.8, 4) is 0 Å². The first kappa shape index (κ1) is 19.7. The molecule has 0 unspecified atom stereocenters. The maximum absolute atomic E-state index is 3.00.